The SMILES string of the molecule is CCO[Si](CCc1ccc(C)c(-c2nc3ccccc3s2)c1SSSSSSc1c(CC[Si](OCC)(OCC)OCC)ccc(C)c1-c1nc2ccccc2s1)(OCC)OCC. The summed E-state index contributed by atoms with van der Waals surface area (Å²) in [5.74, 6) is 0. The highest BCUT2D eigenvalue weighted by Gasteiger charge is 2.41. The van der Waals surface area contributed by atoms with Crippen molar-refractivity contribution < 1.29 is 26.6 Å². The molecule has 0 aliphatic heterocycles. The standard InChI is InChI=1S/C44H56N2O6S8Si2/c1-9-47-61(48-10-2,49-11-3)29-27-33-25-23-31(7)39(43-45-35-19-15-17-21-37(35)53-43)41(33)55-57-59-60-58-56-42-34(28-30-62(50-12-4,51-13-5)52-14-6)26-24-32(8)40(42)44-46-36-20-16-18-22-38(36)54-44/h15-26H,9-14,27-30H2,1-8H3. The molecule has 18 heteroatoms. The fourth-order valence-electron chi connectivity index (χ4n) is 7.22. The molecule has 0 radical (unpaired) electrons. The highest BCUT2D eigenvalue weighted by Crippen LogP contribution is 2.59. The minimum Gasteiger partial charge on any atom is -0.374 e. The van der Waals surface area contributed by atoms with E-state index in [9.17, 15) is 0 Å². The summed E-state index contributed by atoms with van der Waals surface area (Å²) in [6.07, 6.45) is 1.56. The Bertz CT molecular complexity index is 2090. The number of hydrogen-bond acceptors (Lipinski definition) is 16. The van der Waals surface area contributed by atoms with Crippen molar-refractivity contribution in [3.63, 3.8) is 0 Å². The van der Waals surface area contributed by atoms with E-state index < -0.39 is 17.6 Å². The summed E-state index contributed by atoms with van der Waals surface area (Å²) in [6, 6.07) is 27.2. The Balaban J connectivity index is 1.24. The first-order valence-corrected chi connectivity index (χ1v) is 34.0. The van der Waals surface area contributed by atoms with E-state index in [0.29, 0.717) is 51.7 Å². The zero-order valence-corrected chi connectivity index (χ0v) is 45.1. The fraction of sp³-hybridized carbons (Fsp3) is 0.409. The maximum absolute atomic E-state index is 6.28. The summed E-state index contributed by atoms with van der Waals surface area (Å²) < 4.78 is 40.1. The Kier molecular flexibility index (Phi) is 20.5. The highest BCUT2D eigenvalue weighted by atomic mass is 33.9. The van der Waals surface area contributed by atoms with E-state index in [2.05, 4.69) is 86.6 Å². The first kappa shape index (κ1) is 50.4. The number of fused-ring (bicyclic) bond motifs is 2. The van der Waals surface area contributed by atoms with Gasteiger partial charge in [-0.2, -0.15) is 0 Å². The number of nitrogens with zero attached hydrogens (tertiary/aromatic N) is 2. The predicted molar refractivity (Wildman–Crippen MR) is 280 cm³/mol. The molecule has 4 aromatic carbocycles. The van der Waals surface area contributed by atoms with E-state index in [0.717, 1.165) is 33.9 Å². The molecule has 62 heavy (non-hydrogen) atoms. The molecular formula is C44H56N2O6S8Si2. The second-order valence-corrected chi connectivity index (χ2v) is 30.6. The van der Waals surface area contributed by atoms with Crippen molar-refractivity contribution in [1.29, 1.82) is 0 Å². The third-order valence-corrected chi connectivity index (χ3v) is 28.7. The van der Waals surface area contributed by atoms with E-state index in [-0.39, 0.29) is 0 Å². The zero-order valence-electron chi connectivity index (χ0n) is 36.6. The number of rotatable bonds is 27. The summed E-state index contributed by atoms with van der Waals surface area (Å²) in [5, 5.41) is 2.08. The van der Waals surface area contributed by atoms with Gasteiger partial charge in [0.05, 0.1) is 20.4 Å². The van der Waals surface area contributed by atoms with Gasteiger partial charge in [-0.15, -0.1) is 22.7 Å². The Morgan fingerprint density at radius 1 is 0.468 bits per heavy atom. The topological polar surface area (TPSA) is 81.2 Å². The molecule has 0 spiro atoms. The smallest absolute Gasteiger partial charge is 0.374 e. The van der Waals surface area contributed by atoms with Gasteiger partial charge in [-0.25, -0.2) is 9.97 Å². The Morgan fingerprint density at radius 2 is 0.823 bits per heavy atom. The largest absolute Gasteiger partial charge is 0.501 e. The third-order valence-electron chi connectivity index (χ3n) is 9.82. The lowest BCUT2D eigenvalue weighted by Crippen LogP contribution is -2.46. The highest BCUT2D eigenvalue weighted by molar-refractivity contribution is 9.41. The minimum atomic E-state index is -2.86. The first-order chi connectivity index (χ1) is 30.2. The van der Waals surface area contributed by atoms with Gasteiger partial charge in [0.25, 0.3) is 0 Å². The quantitative estimate of drug-likeness (QED) is 0.0279. The van der Waals surface area contributed by atoms with E-state index in [1.807, 2.05) is 63.1 Å². The molecule has 0 atom stereocenters. The van der Waals surface area contributed by atoms with E-state index >= 15 is 0 Å². The van der Waals surface area contributed by atoms with Crippen molar-refractivity contribution in [3.05, 3.63) is 95.1 Å². The summed E-state index contributed by atoms with van der Waals surface area (Å²) >= 11 is 3.51. The number of para-hydroxylation sites is 2. The van der Waals surface area contributed by atoms with E-state index in [1.54, 1.807) is 62.0 Å². The Labute approximate surface area is 400 Å². The number of aromatic nitrogens is 2. The van der Waals surface area contributed by atoms with Crippen LogP contribution in [-0.4, -0.2) is 67.2 Å². The molecule has 0 N–H and O–H groups in total. The summed E-state index contributed by atoms with van der Waals surface area (Å²) in [6.45, 7) is 19.8. The van der Waals surface area contributed by atoms with Crippen molar-refractivity contribution in [2.75, 3.05) is 39.6 Å². The molecule has 0 aliphatic carbocycles. The van der Waals surface area contributed by atoms with E-state index in [1.165, 1.54) is 52.6 Å². The molecule has 2 aromatic heterocycles. The van der Waals surface area contributed by atoms with Crippen LogP contribution < -0.4 is 0 Å². The summed E-state index contributed by atoms with van der Waals surface area (Å²) in [5.41, 5.74) is 9.36. The van der Waals surface area contributed by atoms with E-state index in [4.69, 9.17) is 36.5 Å². The molecule has 2 heterocycles. The average molecular weight is 1020 g/mol. The van der Waals surface area contributed by atoms with Gasteiger partial charge >= 0.3 is 17.6 Å². The Morgan fingerprint density at radius 3 is 1.16 bits per heavy atom. The predicted octanol–water partition coefficient (Wildman–Crippen LogP) is 15.4. The van der Waals surface area contributed by atoms with Crippen LogP contribution in [0.5, 0.6) is 0 Å². The van der Waals surface area contributed by atoms with Crippen LogP contribution in [-0.2, 0) is 39.4 Å². The molecule has 6 aromatic rings. The maximum atomic E-state index is 6.28. The lowest BCUT2D eigenvalue weighted by molar-refractivity contribution is 0.0706. The normalized spacial score (nSPS) is 12.3. The number of thiazole rings is 2. The molecule has 0 fully saturated rings. The van der Waals surface area contributed by atoms with Gasteiger partial charge in [-0.05, 0) is 176 Å². The molecule has 6 rings (SSSR count). The number of aryl methyl sites for hydroxylation is 4. The Hall–Kier alpha value is -1.05. The molecule has 8 nitrogen and oxygen atoms in total. The lowest BCUT2D eigenvalue weighted by atomic mass is 10.0. The monoisotopic (exact) mass is 1020 g/mol. The molecule has 0 bridgehead atoms. The van der Waals surface area contributed by atoms with Crippen molar-refractivity contribution in [2.24, 2.45) is 0 Å². The summed E-state index contributed by atoms with van der Waals surface area (Å²) in [7, 11) is 5.04. The maximum Gasteiger partial charge on any atom is 0.501 e. The van der Waals surface area contributed by atoms with Gasteiger partial charge < -0.3 is 26.6 Å². The molecule has 0 saturated carbocycles. The van der Waals surface area contributed by atoms with Crippen molar-refractivity contribution in [2.45, 2.75) is 90.1 Å². The van der Waals surface area contributed by atoms with Gasteiger partial charge in [0.2, 0.25) is 0 Å². The molecule has 0 unspecified atom stereocenters. The van der Waals surface area contributed by atoms with Crippen LogP contribution in [0.1, 0.15) is 63.8 Å². The van der Waals surface area contributed by atoms with Gasteiger partial charge in [-0.3, -0.25) is 0 Å². The second kappa shape index (κ2) is 25.2. The van der Waals surface area contributed by atoms with Gasteiger partial charge in [-0.1, -0.05) is 48.5 Å². The molecule has 334 valence electrons. The lowest BCUT2D eigenvalue weighted by Gasteiger charge is -2.29. The van der Waals surface area contributed by atoms with Gasteiger partial charge in [0, 0.05) is 72.6 Å². The third kappa shape index (κ3) is 12.9. The molecule has 0 aliphatic rings. The zero-order chi connectivity index (χ0) is 44.0. The minimum absolute atomic E-state index is 0.556. The van der Waals surface area contributed by atoms with Gasteiger partial charge in [0.1, 0.15) is 10.0 Å². The molecular weight excluding hydrogens is 965 g/mol. The molecule has 0 amide bonds. The van der Waals surface area contributed by atoms with Crippen LogP contribution in [0.2, 0.25) is 12.1 Å². The molecule has 0 saturated heterocycles. The average Bonchev–Trinajstić information content (AvgIpc) is 3.89. The van der Waals surface area contributed by atoms with Crippen LogP contribution in [0.15, 0.2) is 82.6 Å². The van der Waals surface area contributed by atoms with Crippen LogP contribution in [0.25, 0.3) is 41.6 Å². The van der Waals surface area contributed by atoms with Crippen LogP contribution >= 0.6 is 83.6 Å². The summed E-state index contributed by atoms with van der Waals surface area (Å²) in [4.78, 5) is 12.8. The van der Waals surface area contributed by atoms with Crippen molar-refractivity contribution in [3.8, 4) is 21.1 Å². The number of hydrogen-bond donors (Lipinski definition) is 0. The number of benzene rings is 4. The van der Waals surface area contributed by atoms with Crippen LogP contribution in [0.3, 0.4) is 0 Å². The van der Waals surface area contributed by atoms with Gasteiger partial charge in [0.15, 0.2) is 0 Å². The van der Waals surface area contributed by atoms with Crippen molar-refractivity contribution in [1.82, 2.24) is 9.97 Å². The van der Waals surface area contributed by atoms with Crippen LogP contribution in [0, 0.1) is 13.8 Å². The second-order valence-electron chi connectivity index (χ2n) is 13.9. The fourth-order valence-corrected chi connectivity index (χ4v) is 26.5. The van der Waals surface area contributed by atoms with Crippen LogP contribution in [0.4, 0.5) is 0 Å². The first-order valence-electron chi connectivity index (χ1n) is 21.0. The van der Waals surface area contributed by atoms with Crippen molar-refractivity contribution >= 4 is 122 Å².